The van der Waals surface area contributed by atoms with Gasteiger partial charge in [-0.3, -0.25) is 4.90 Å². The number of β-amino-alcohol motifs (C(OH)–C–C–N with tert-alkyl or cyclic N) is 1. The molecule has 1 unspecified atom stereocenters. The Morgan fingerprint density at radius 2 is 1.81 bits per heavy atom. The van der Waals surface area contributed by atoms with Crippen molar-refractivity contribution in [3.05, 3.63) is 57.6 Å². The molecule has 2 aliphatic carbocycles. The zero-order valence-corrected chi connectivity index (χ0v) is 16.3. The maximum absolute atomic E-state index is 10.1. The topological polar surface area (TPSA) is 23.5 Å². The van der Waals surface area contributed by atoms with E-state index in [4.69, 9.17) is 11.6 Å². The first-order valence-corrected chi connectivity index (χ1v) is 10.2. The molecule has 2 nitrogen and oxygen atoms in total. The van der Waals surface area contributed by atoms with Crippen LogP contribution < -0.4 is 0 Å². The summed E-state index contributed by atoms with van der Waals surface area (Å²) >= 11 is 6.57. The maximum atomic E-state index is 10.1. The number of nitrogens with zero attached hydrogens (tertiary/aromatic N) is 1. The highest BCUT2D eigenvalue weighted by Crippen LogP contribution is 2.46. The molecule has 0 bridgehead atoms. The van der Waals surface area contributed by atoms with Crippen molar-refractivity contribution >= 4 is 11.6 Å². The molecule has 1 saturated carbocycles. The Labute approximate surface area is 160 Å². The Hall–Kier alpha value is -1.35. The van der Waals surface area contributed by atoms with E-state index in [0.29, 0.717) is 12.0 Å². The van der Waals surface area contributed by atoms with Crippen LogP contribution in [0.1, 0.15) is 60.4 Å². The highest BCUT2D eigenvalue weighted by Gasteiger charge is 2.42. The Morgan fingerprint density at radius 3 is 2.46 bits per heavy atom. The molecule has 2 aromatic rings. The number of likely N-dealkylation sites (tertiary alicyclic amines) is 1. The van der Waals surface area contributed by atoms with Crippen molar-refractivity contribution in [2.45, 2.75) is 57.1 Å². The number of hydrogen-bond donors (Lipinski definition) is 1. The molecule has 1 saturated heterocycles. The second kappa shape index (κ2) is 5.82. The fraction of sp³-hybridized carbons (Fsp3) is 0.478. The molecule has 3 aliphatic rings. The Kier molecular flexibility index (Phi) is 3.76. The van der Waals surface area contributed by atoms with Crippen molar-refractivity contribution in [3.63, 3.8) is 0 Å². The quantitative estimate of drug-likeness (QED) is 0.801. The van der Waals surface area contributed by atoms with Crippen molar-refractivity contribution in [3.8, 4) is 11.1 Å². The van der Waals surface area contributed by atoms with Gasteiger partial charge in [-0.2, -0.15) is 0 Å². The number of aliphatic hydroxyl groups is 1. The molecular weight excluding hydrogens is 342 g/mol. The summed E-state index contributed by atoms with van der Waals surface area (Å²) in [7, 11) is 0. The number of hydrogen-bond acceptors (Lipinski definition) is 2. The second-order valence-corrected chi connectivity index (χ2v) is 9.18. The largest absolute Gasteiger partial charge is 0.388 e. The summed E-state index contributed by atoms with van der Waals surface area (Å²) in [6, 6.07) is 11.7. The lowest BCUT2D eigenvalue weighted by atomic mass is 9.90. The van der Waals surface area contributed by atoms with E-state index in [9.17, 15) is 5.11 Å². The van der Waals surface area contributed by atoms with Crippen LogP contribution in [0.5, 0.6) is 0 Å². The summed E-state index contributed by atoms with van der Waals surface area (Å²) in [6.45, 7) is 5.76. The molecule has 3 heteroatoms. The molecule has 1 N–H and O–H groups in total. The van der Waals surface area contributed by atoms with Gasteiger partial charge in [0.2, 0.25) is 0 Å². The van der Waals surface area contributed by atoms with Gasteiger partial charge < -0.3 is 5.11 Å². The van der Waals surface area contributed by atoms with Gasteiger partial charge in [0, 0.05) is 24.2 Å². The standard InChI is InChI=1S/C23H26ClNO/c1-14-17(16-5-6-19(15-3-4-15)21(24)11-16)7-8-20-18(14)9-10-22(20)25-12-23(2,26)13-25/h5-8,11,15,22,26H,3-4,9-10,12-13H2,1-2H3. The van der Waals surface area contributed by atoms with Gasteiger partial charge in [0.1, 0.15) is 0 Å². The second-order valence-electron chi connectivity index (χ2n) is 8.77. The van der Waals surface area contributed by atoms with E-state index in [-0.39, 0.29) is 0 Å². The molecule has 0 radical (unpaired) electrons. The predicted octanol–water partition coefficient (Wildman–Crippen LogP) is 5.25. The summed E-state index contributed by atoms with van der Waals surface area (Å²) in [5.74, 6) is 0.687. The molecule has 5 rings (SSSR count). The molecule has 0 spiro atoms. The Bertz CT molecular complexity index is 876. The van der Waals surface area contributed by atoms with Gasteiger partial charge >= 0.3 is 0 Å². The normalized spacial score (nSPS) is 24.4. The van der Waals surface area contributed by atoms with E-state index in [0.717, 1.165) is 31.0 Å². The van der Waals surface area contributed by atoms with Crippen molar-refractivity contribution < 1.29 is 5.11 Å². The van der Waals surface area contributed by atoms with E-state index >= 15 is 0 Å². The lowest BCUT2D eigenvalue weighted by Gasteiger charge is -2.47. The van der Waals surface area contributed by atoms with Gasteiger partial charge in [0.05, 0.1) is 5.60 Å². The SMILES string of the molecule is Cc1c(-c2ccc(C3CC3)c(Cl)c2)ccc2c1CCC2N1CC(C)(O)C1. The van der Waals surface area contributed by atoms with Gasteiger partial charge in [0.15, 0.2) is 0 Å². The van der Waals surface area contributed by atoms with Crippen LogP contribution in [0.15, 0.2) is 30.3 Å². The minimum atomic E-state index is -0.502. The molecule has 26 heavy (non-hydrogen) atoms. The molecule has 0 aromatic heterocycles. The predicted molar refractivity (Wildman–Crippen MR) is 107 cm³/mol. The average Bonchev–Trinajstić information content (AvgIpc) is 3.31. The van der Waals surface area contributed by atoms with E-state index in [1.807, 2.05) is 6.92 Å². The minimum absolute atomic E-state index is 0.471. The minimum Gasteiger partial charge on any atom is -0.388 e. The number of halogens is 1. The summed E-state index contributed by atoms with van der Waals surface area (Å²) in [5.41, 5.74) is 7.72. The average molecular weight is 368 g/mol. The smallest absolute Gasteiger partial charge is 0.0872 e. The van der Waals surface area contributed by atoms with Crippen molar-refractivity contribution in [2.24, 2.45) is 0 Å². The van der Waals surface area contributed by atoms with Crippen LogP contribution in [-0.2, 0) is 6.42 Å². The lowest BCUT2D eigenvalue weighted by molar-refractivity contribution is -0.103. The van der Waals surface area contributed by atoms with Crippen LogP contribution >= 0.6 is 11.6 Å². The number of fused-ring (bicyclic) bond motifs is 1. The Balaban J connectivity index is 1.46. The fourth-order valence-corrected chi connectivity index (χ4v) is 5.35. The third-order valence-corrected chi connectivity index (χ3v) is 6.85. The van der Waals surface area contributed by atoms with Crippen LogP contribution in [0.2, 0.25) is 5.02 Å². The van der Waals surface area contributed by atoms with Crippen LogP contribution in [-0.4, -0.2) is 28.7 Å². The summed E-state index contributed by atoms with van der Waals surface area (Å²) < 4.78 is 0. The third-order valence-electron chi connectivity index (χ3n) is 6.52. The molecule has 2 fully saturated rings. The summed E-state index contributed by atoms with van der Waals surface area (Å²) in [6.07, 6.45) is 4.85. The van der Waals surface area contributed by atoms with Crippen LogP contribution in [0, 0.1) is 6.92 Å². The molecule has 1 heterocycles. The van der Waals surface area contributed by atoms with Gasteiger partial charge in [-0.25, -0.2) is 0 Å². The maximum Gasteiger partial charge on any atom is 0.0872 e. The zero-order valence-electron chi connectivity index (χ0n) is 15.6. The van der Waals surface area contributed by atoms with Crippen LogP contribution in [0.4, 0.5) is 0 Å². The van der Waals surface area contributed by atoms with Gasteiger partial charge in [-0.15, -0.1) is 0 Å². The number of benzene rings is 2. The van der Waals surface area contributed by atoms with Crippen molar-refractivity contribution in [2.75, 3.05) is 13.1 Å². The van der Waals surface area contributed by atoms with Crippen LogP contribution in [0.3, 0.4) is 0 Å². The highest BCUT2D eigenvalue weighted by molar-refractivity contribution is 6.31. The van der Waals surface area contributed by atoms with Crippen molar-refractivity contribution in [1.29, 1.82) is 0 Å². The molecule has 0 amide bonds. The van der Waals surface area contributed by atoms with Gasteiger partial charge in [-0.1, -0.05) is 35.9 Å². The molecule has 1 aliphatic heterocycles. The highest BCUT2D eigenvalue weighted by atomic mass is 35.5. The zero-order chi connectivity index (χ0) is 18.1. The summed E-state index contributed by atoms with van der Waals surface area (Å²) in [4.78, 5) is 2.42. The number of rotatable bonds is 3. The van der Waals surface area contributed by atoms with E-state index in [1.165, 1.54) is 46.2 Å². The van der Waals surface area contributed by atoms with E-state index < -0.39 is 5.60 Å². The third kappa shape index (κ3) is 2.70. The van der Waals surface area contributed by atoms with Crippen LogP contribution in [0.25, 0.3) is 11.1 Å². The first-order valence-electron chi connectivity index (χ1n) is 9.81. The van der Waals surface area contributed by atoms with E-state index in [1.54, 1.807) is 0 Å². The first kappa shape index (κ1) is 16.8. The lowest BCUT2D eigenvalue weighted by Crippen LogP contribution is -2.60. The monoisotopic (exact) mass is 367 g/mol. The molecule has 2 aromatic carbocycles. The molecule has 136 valence electrons. The van der Waals surface area contributed by atoms with Crippen molar-refractivity contribution in [1.82, 2.24) is 4.90 Å². The molecular formula is C23H26ClNO. The van der Waals surface area contributed by atoms with Gasteiger partial charge in [-0.05, 0) is 84.9 Å². The van der Waals surface area contributed by atoms with Gasteiger partial charge in [0.25, 0.3) is 0 Å². The fourth-order valence-electron chi connectivity index (χ4n) is 5.02. The summed E-state index contributed by atoms with van der Waals surface area (Å²) in [5, 5.41) is 11.0. The van der Waals surface area contributed by atoms with E-state index in [2.05, 4.69) is 42.2 Å². The Morgan fingerprint density at radius 1 is 1.08 bits per heavy atom. The first-order chi connectivity index (χ1) is 12.4. The molecule has 1 atom stereocenters.